The van der Waals surface area contributed by atoms with Gasteiger partial charge in [0.1, 0.15) is 0 Å². The van der Waals surface area contributed by atoms with Crippen LogP contribution in [0.4, 0.5) is 4.39 Å². The third-order valence-corrected chi connectivity index (χ3v) is 2.83. The second kappa shape index (κ2) is 4.90. The van der Waals surface area contributed by atoms with Crippen LogP contribution in [0.3, 0.4) is 0 Å². The van der Waals surface area contributed by atoms with E-state index in [2.05, 4.69) is 4.98 Å². The van der Waals surface area contributed by atoms with Crippen molar-refractivity contribution in [3.8, 4) is 17.0 Å². The summed E-state index contributed by atoms with van der Waals surface area (Å²) in [5.74, 6) is -0.627. The number of aromatic nitrogens is 1. The molecule has 0 aliphatic rings. The van der Waals surface area contributed by atoms with Gasteiger partial charge in [0.05, 0.1) is 7.11 Å². The number of hydrogen-bond acceptors (Lipinski definition) is 2. The highest BCUT2D eigenvalue weighted by molar-refractivity contribution is 6.35. The van der Waals surface area contributed by atoms with Crippen LogP contribution in [0, 0.1) is 5.82 Å². The van der Waals surface area contributed by atoms with Gasteiger partial charge in [-0.15, -0.1) is 0 Å². The van der Waals surface area contributed by atoms with Crippen LogP contribution in [0.15, 0.2) is 30.5 Å². The van der Waals surface area contributed by atoms with E-state index in [0.717, 1.165) is 0 Å². The molecule has 2 rings (SSSR count). The van der Waals surface area contributed by atoms with Gasteiger partial charge < -0.3 is 4.74 Å². The summed E-state index contributed by atoms with van der Waals surface area (Å²) in [6.45, 7) is 0. The van der Waals surface area contributed by atoms with Crippen molar-refractivity contribution in [1.29, 1.82) is 0 Å². The lowest BCUT2D eigenvalue weighted by molar-refractivity contribution is 0.370. The van der Waals surface area contributed by atoms with E-state index in [0.29, 0.717) is 21.2 Å². The quantitative estimate of drug-likeness (QED) is 0.817. The molecule has 0 fully saturated rings. The number of pyridine rings is 1. The molecule has 1 aromatic carbocycles. The molecule has 2 nitrogen and oxygen atoms in total. The topological polar surface area (TPSA) is 22.1 Å². The van der Waals surface area contributed by atoms with E-state index in [-0.39, 0.29) is 5.88 Å². The maximum atomic E-state index is 14.0. The molecule has 0 saturated heterocycles. The predicted molar refractivity (Wildman–Crippen MR) is 66.2 cm³/mol. The average molecular weight is 272 g/mol. The SMILES string of the molecule is COc1nccc(-c2cc(Cl)ccc2Cl)c1F. The fraction of sp³-hybridized carbons (Fsp3) is 0.0833. The van der Waals surface area contributed by atoms with Crippen molar-refractivity contribution in [2.75, 3.05) is 7.11 Å². The van der Waals surface area contributed by atoms with E-state index >= 15 is 0 Å². The molecular formula is C12H8Cl2FNO. The van der Waals surface area contributed by atoms with Crippen molar-refractivity contribution in [2.24, 2.45) is 0 Å². The van der Waals surface area contributed by atoms with Gasteiger partial charge in [-0.25, -0.2) is 9.37 Å². The molecule has 0 N–H and O–H groups in total. The van der Waals surface area contributed by atoms with Gasteiger partial charge in [-0.2, -0.15) is 0 Å². The van der Waals surface area contributed by atoms with E-state index in [9.17, 15) is 4.39 Å². The molecule has 0 aliphatic carbocycles. The highest BCUT2D eigenvalue weighted by Crippen LogP contribution is 2.34. The van der Waals surface area contributed by atoms with Crippen LogP contribution in [-0.2, 0) is 0 Å². The first-order valence-electron chi connectivity index (χ1n) is 4.77. The molecule has 0 spiro atoms. The van der Waals surface area contributed by atoms with Crippen molar-refractivity contribution >= 4 is 23.2 Å². The van der Waals surface area contributed by atoms with Gasteiger partial charge >= 0.3 is 0 Å². The zero-order chi connectivity index (χ0) is 12.4. The predicted octanol–water partition coefficient (Wildman–Crippen LogP) is 4.20. The van der Waals surface area contributed by atoms with Gasteiger partial charge in [-0.1, -0.05) is 23.2 Å². The maximum Gasteiger partial charge on any atom is 0.250 e. The van der Waals surface area contributed by atoms with E-state index in [1.165, 1.54) is 19.4 Å². The molecule has 0 bridgehead atoms. The lowest BCUT2D eigenvalue weighted by Crippen LogP contribution is -1.94. The molecule has 17 heavy (non-hydrogen) atoms. The molecule has 0 unspecified atom stereocenters. The van der Waals surface area contributed by atoms with Crippen LogP contribution < -0.4 is 4.74 Å². The standard InChI is InChI=1S/C12H8Cl2FNO/c1-17-12-11(15)8(4-5-16-12)9-6-7(13)2-3-10(9)14/h2-6H,1H3. The molecule has 1 aromatic heterocycles. The number of benzene rings is 1. The van der Waals surface area contributed by atoms with Crippen molar-refractivity contribution in [1.82, 2.24) is 4.98 Å². The van der Waals surface area contributed by atoms with Crippen LogP contribution >= 0.6 is 23.2 Å². The molecule has 0 amide bonds. The highest BCUT2D eigenvalue weighted by atomic mass is 35.5. The Hall–Kier alpha value is -1.32. The fourth-order valence-corrected chi connectivity index (χ4v) is 1.87. The highest BCUT2D eigenvalue weighted by Gasteiger charge is 2.14. The number of nitrogens with zero attached hydrogens (tertiary/aromatic N) is 1. The molecule has 0 atom stereocenters. The molecule has 2 aromatic rings. The number of hydrogen-bond donors (Lipinski definition) is 0. The van der Waals surface area contributed by atoms with Gasteiger partial charge in [0, 0.05) is 27.4 Å². The molecular weight excluding hydrogens is 264 g/mol. The van der Waals surface area contributed by atoms with E-state index in [1.54, 1.807) is 18.2 Å². The first-order valence-corrected chi connectivity index (χ1v) is 5.53. The minimum Gasteiger partial charge on any atom is -0.479 e. The Morgan fingerprint density at radius 1 is 1.18 bits per heavy atom. The van der Waals surface area contributed by atoms with Crippen molar-refractivity contribution in [3.63, 3.8) is 0 Å². The summed E-state index contributed by atoms with van der Waals surface area (Å²) in [6, 6.07) is 6.38. The summed E-state index contributed by atoms with van der Waals surface area (Å²) in [5, 5.41) is 0.904. The minimum atomic E-state index is -0.556. The lowest BCUT2D eigenvalue weighted by atomic mass is 10.1. The van der Waals surface area contributed by atoms with E-state index in [4.69, 9.17) is 27.9 Å². The Bertz CT molecular complexity index is 560. The van der Waals surface area contributed by atoms with Gasteiger partial charge in [-0.3, -0.25) is 0 Å². The van der Waals surface area contributed by atoms with Gasteiger partial charge in [0.15, 0.2) is 5.82 Å². The normalized spacial score (nSPS) is 10.4. The van der Waals surface area contributed by atoms with Crippen LogP contribution in [-0.4, -0.2) is 12.1 Å². The molecule has 0 radical (unpaired) electrons. The summed E-state index contributed by atoms with van der Waals surface area (Å²) >= 11 is 11.9. The smallest absolute Gasteiger partial charge is 0.250 e. The second-order valence-corrected chi connectivity index (χ2v) is 4.15. The van der Waals surface area contributed by atoms with Crippen molar-refractivity contribution in [2.45, 2.75) is 0 Å². The summed E-state index contributed by atoms with van der Waals surface area (Å²) in [5.41, 5.74) is 0.821. The summed E-state index contributed by atoms with van der Waals surface area (Å²) in [7, 11) is 1.36. The number of rotatable bonds is 2. The molecule has 0 saturated carbocycles. The third-order valence-electron chi connectivity index (χ3n) is 2.27. The van der Waals surface area contributed by atoms with Crippen LogP contribution in [0.2, 0.25) is 10.0 Å². The Labute approximate surface area is 108 Å². The van der Waals surface area contributed by atoms with E-state index in [1.807, 2.05) is 0 Å². The van der Waals surface area contributed by atoms with E-state index < -0.39 is 5.82 Å². The summed E-state index contributed by atoms with van der Waals surface area (Å²) in [6.07, 6.45) is 1.45. The van der Waals surface area contributed by atoms with Crippen LogP contribution in [0.25, 0.3) is 11.1 Å². The van der Waals surface area contributed by atoms with Crippen molar-refractivity contribution < 1.29 is 9.13 Å². The van der Waals surface area contributed by atoms with Gasteiger partial charge in [-0.05, 0) is 24.3 Å². The minimum absolute atomic E-state index is 0.0708. The molecule has 88 valence electrons. The monoisotopic (exact) mass is 271 g/mol. The molecule has 0 aliphatic heterocycles. The fourth-order valence-electron chi connectivity index (χ4n) is 1.48. The Balaban J connectivity index is 2.64. The van der Waals surface area contributed by atoms with Gasteiger partial charge in [0.25, 0.3) is 5.88 Å². The zero-order valence-electron chi connectivity index (χ0n) is 8.88. The lowest BCUT2D eigenvalue weighted by Gasteiger charge is -2.08. The van der Waals surface area contributed by atoms with Crippen LogP contribution in [0.5, 0.6) is 5.88 Å². The molecule has 5 heteroatoms. The number of methoxy groups -OCH3 is 1. The van der Waals surface area contributed by atoms with Crippen LogP contribution in [0.1, 0.15) is 0 Å². The summed E-state index contributed by atoms with van der Waals surface area (Å²) in [4.78, 5) is 3.76. The van der Waals surface area contributed by atoms with Gasteiger partial charge in [0.2, 0.25) is 0 Å². The van der Waals surface area contributed by atoms with Crippen molar-refractivity contribution in [3.05, 3.63) is 46.3 Å². The Morgan fingerprint density at radius 2 is 1.94 bits per heavy atom. The molecule has 1 heterocycles. The first kappa shape index (κ1) is 12.1. The Kier molecular flexibility index (Phi) is 3.50. The third kappa shape index (κ3) is 2.35. The Morgan fingerprint density at radius 3 is 2.65 bits per heavy atom. The largest absolute Gasteiger partial charge is 0.479 e. The zero-order valence-corrected chi connectivity index (χ0v) is 10.4. The maximum absolute atomic E-state index is 14.0. The number of ether oxygens (including phenoxy) is 1. The average Bonchev–Trinajstić information content (AvgIpc) is 2.33. The first-order chi connectivity index (χ1) is 8.13. The number of halogens is 3. The second-order valence-electron chi connectivity index (χ2n) is 3.31. The summed E-state index contributed by atoms with van der Waals surface area (Å²) < 4.78 is 18.8.